The molecule has 0 heterocycles. The summed E-state index contributed by atoms with van der Waals surface area (Å²) >= 11 is 0. The van der Waals surface area contributed by atoms with Gasteiger partial charge in [-0.3, -0.25) is 4.79 Å². The van der Waals surface area contributed by atoms with Gasteiger partial charge >= 0.3 is 12.4 Å². The molecule has 0 amide bonds. The Morgan fingerprint density at radius 3 is 1.24 bits per heavy atom. The predicted octanol–water partition coefficient (Wildman–Crippen LogP) is 5.14. The number of halogens is 6. The molecule has 0 aliphatic carbocycles. The van der Waals surface area contributed by atoms with Gasteiger partial charge in [-0.1, -0.05) is 48.5 Å². The molecular formula is C18H13F6O. The van der Waals surface area contributed by atoms with E-state index in [1.165, 1.54) is 48.5 Å². The maximum atomic E-state index is 12.3. The zero-order valence-electron chi connectivity index (χ0n) is 12.8. The van der Waals surface area contributed by atoms with Gasteiger partial charge in [0.15, 0.2) is 0 Å². The molecule has 0 aliphatic rings. The summed E-state index contributed by atoms with van der Waals surface area (Å²) in [4.78, 5) is 11.2. The summed E-state index contributed by atoms with van der Waals surface area (Å²) < 4.78 is 74.1. The zero-order valence-corrected chi connectivity index (χ0v) is 12.8. The number of alkyl halides is 6. The molecule has 7 heteroatoms. The number of rotatable bonds is 5. The Hall–Kier alpha value is -2.31. The van der Waals surface area contributed by atoms with Crippen molar-refractivity contribution < 1.29 is 31.1 Å². The van der Waals surface area contributed by atoms with Crippen molar-refractivity contribution in [3.05, 3.63) is 70.8 Å². The van der Waals surface area contributed by atoms with Crippen molar-refractivity contribution in [3.63, 3.8) is 0 Å². The SMILES string of the molecule is O=[C]C(c1ccc(CC(F)(F)F)cc1)c1ccc(CC(F)(F)F)cc1. The van der Waals surface area contributed by atoms with Crippen LogP contribution in [0.3, 0.4) is 0 Å². The minimum Gasteiger partial charge on any atom is -0.290 e. The third-order valence-corrected chi connectivity index (χ3v) is 3.55. The number of hydrogen-bond acceptors (Lipinski definition) is 1. The van der Waals surface area contributed by atoms with E-state index in [1.54, 1.807) is 6.29 Å². The molecule has 25 heavy (non-hydrogen) atoms. The topological polar surface area (TPSA) is 17.1 Å². The van der Waals surface area contributed by atoms with Crippen molar-refractivity contribution in [3.8, 4) is 0 Å². The van der Waals surface area contributed by atoms with Crippen LogP contribution in [-0.4, -0.2) is 18.6 Å². The molecule has 0 unspecified atom stereocenters. The van der Waals surface area contributed by atoms with Gasteiger partial charge in [-0.25, -0.2) is 0 Å². The second kappa shape index (κ2) is 7.29. The summed E-state index contributed by atoms with van der Waals surface area (Å²) in [5.41, 5.74) is 0.955. The molecule has 0 saturated carbocycles. The molecule has 0 spiro atoms. The lowest BCUT2D eigenvalue weighted by Gasteiger charge is -2.13. The van der Waals surface area contributed by atoms with Crippen LogP contribution in [0.5, 0.6) is 0 Å². The first kappa shape index (κ1) is 19.0. The summed E-state index contributed by atoms with van der Waals surface area (Å²) in [6, 6.07) is 10.6. The van der Waals surface area contributed by atoms with Gasteiger partial charge < -0.3 is 0 Å². The van der Waals surface area contributed by atoms with Gasteiger partial charge in [-0.2, -0.15) is 26.3 Å². The first-order chi connectivity index (χ1) is 11.6. The molecule has 0 atom stereocenters. The third-order valence-electron chi connectivity index (χ3n) is 3.55. The molecule has 133 valence electrons. The highest BCUT2D eigenvalue weighted by Gasteiger charge is 2.28. The molecular weight excluding hydrogens is 346 g/mol. The molecule has 2 aromatic rings. The maximum absolute atomic E-state index is 12.3. The van der Waals surface area contributed by atoms with Crippen molar-refractivity contribution in [2.75, 3.05) is 0 Å². The Kier molecular flexibility index (Phi) is 5.55. The van der Waals surface area contributed by atoms with Gasteiger partial charge in [0.05, 0.1) is 18.8 Å². The minimum absolute atomic E-state index is 0.0569. The number of benzene rings is 2. The molecule has 0 N–H and O–H groups in total. The van der Waals surface area contributed by atoms with Crippen LogP contribution in [0.1, 0.15) is 28.2 Å². The van der Waals surface area contributed by atoms with Gasteiger partial charge in [-0.05, 0) is 22.3 Å². The van der Waals surface area contributed by atoms with E-state index >= 15 is 0 Å². The summed E-state index contributed by atoms with van der Waals surface area (Å²) in [5, 5.41) is 0. The van der Waals surface area contributed by atoms with Crippen LogP contribution in [0.2, 0.25) is 0 Å². The van der Waals surface area contributed by atoms with Gasteiger partial charge in [0.2, 0.25) is 6.29 Å². The Balaban J connectivity index is 2.17. The van der Waals surface area contributed by atoms with Crippen LogP contribution < -0.4 is 0 Å². The van der Waals surface area contributed by atoms with Crippen molar-refractivity contribution in [1.29, 1.82) is 0 Å². The molecule has 0 bridgehead atoms. The van der Waals surface area contributed by atoms with E-state index in [0.29, 0.717) is 11.1 Å². The molecule has 0 aromatic heterocycles. The van der Waals surface area contributed by atoms with E-state index < -0.39 is 31.1 Å². The summed E-state index contributed by atoms with van der Waals surface area (Å²) in [6.07, 6.45) is -9.03. The van der Waals surface area contributed by atoms with E-state index in [4.69, 9.17) is 0 Å². The van der Waals surface area contributed by atoms with Crippen molar-refractivity contribution >= 4 is 6.29 Å². The number of carbonyl (C=O) groups excluding carboxylic acids is 1. The van der Waals surface area contributed by atoms with Gasteiger partial charge in [0.1, 0.15) is 0 Å². The zero-order chi connectivity index (χ0) is 18.7. The standard InChI is InChI=1S/C18H13F6O/c19-17(20,21)9-12-1-5-14(6-2-12)16(11-25)15-7-3-13(4-8-15)10-18(22,23)24/h1-8,16H,9-10H2. The average molecular weight is 359 g/mol. The van der Waals surface area contributed by atoms with Crippen LogP contribution in [0.25, 0.3) is 0 Å². The van der Waals surface area contributed by atoms with Crippen LogP contribution >= 0.6 is 0 Å². The number of hydrogen-bond donors (Lipinski definition) is 0. The van der Waals surface area contributed by atoms with Gasteiger partial charge in [-0.15, -0.1) is 0 Å². The van der Waals surface area contributed by atoms with Crippen molar-refractivity contribution in [2.45, 2.75) is 31.1 Å². The predicted molar refractivity (Wildman–Crippen MR) is 79.9 cm³/mol. The molecule has 1 radical (unpaired) electrons. The molecule has 2 rings (SSSR count). The normalized spacial score (nSPS) is 12.4. The van der Waals surface area contributed by atoms with Gasteiger partial charge in [0, 0.05) is 0 Å². The average Bonchev–Trinajstić information content (AvgIpc) is 2.48. The quantitative estimate of drug-likeness (QED) is 0.676. The summed E-state index contributed by atoms with van der Waals surface area (Å²) in [7, 11) is 0. The van der Waals surface area contributed by atoms with Crippen LogP contribution in [0.4, 0.5) is 26.3 Å². The first-order valence-corrected chi connectivity index (χ1v) is 7.26. The molecule has 2 aromatic carbocycles. The lowest BCUT2D eigenvalue weighted by Crippen LogP contribution is -2.12. The fourth-order valence-electron chi connectivity index (χ4n) is 2.45. The summed E-state index contributed by atoms with van der Waals surface area (Å²) in [6.45, 7) is 0. The maximum Gasteiger partial charge on any atom is 0.393 e. The van der Waals surface area contributed by atoms with Crippen LogP contribution in [-0.2, 0) is 17.6 Å². The Morgan fingerprint density at radius 1 is 0.680 bits per heavy atom. The highest BCUT2D eigenvalue weighted by Crippen LogP contribution is 2.27. The minimum atomic E-state index is -4.33. The van der Waals surface area contributed by atoms with Crippen LogP contribution in [0, 0.1) is 0 Å². The Bertz CT molecular complexity index is 639. The van der Waals surface area contributed by atoms with E-state index in [0.717, 1.165) is 0 Å². The highest BCUT2D eigenvalue weighted by molar-refractivity contribution is 5.69. The van der Waals surface area contributed by atoms with E-state index in [9.17, 15) is 31.1 Å². The van der Waals surface area contributed by atoms with E-state index in [-0.39, 0.29) is 11.1 Å². The lowest BCUT2D eigenvalue weighted by molar-refractivity contribution is -0.128. The van der Waals surface area contributed by atoms with Crippen molar-refractivity contribution in [1.82, 2.24) is 0 Å². The smallest absolute Gasteiger partial charge is 0.290 e. The van der Waals surface area contributed by atoms with Crippen molar-refractivity contribution in [2.24, 2.45) is 0 Å². The van der Waals surface area contributed by atoms with E-state index in [1.807, 2.05) is 0 Å². The fraction of sp³-hybridized carbons (Fsp3) is 0.278. The Morgan fingerprint density at radius 2 is 1.00 bits per heavy atom. The second-order valence-electron chi connectivity index (χ2n) is 5.62. The Labute approximate surface area is 140 Å². The van der Waals surface area contributed by atoms with Crippen LogP contribution in [0.15, 0.2) is 48.5 Å². The molecule has 0 fully saturated rings. The second-order valence-corrected chi connectivity index (χ2v) is 5.62. The lowest BCUT2D eigenvalue weighted by atomic mass is 9.91. The van der Waals surface area contributed by atoms with Gasteiger partial charge in [0.25, 0.3) is 0 Å². The monoisotopic (exact) mass is 359 g/mol. The molecule has 1 nitrogen and oxygen atoms in total. The highest BCUT2D eigenvalue weighted by atomic mass is 19.4. The molecule has 0 saturated heterocycles. The fourth-order valence-corrected chi connectivity index (χ4v) is 2.45. The van der Waals surface area contributed by atoms with E-state index in [2.05, 4.69) is 0 Å². The first-order valence-electron chi connectivity index (χ1n) is 7.26. The molecule has 0 aliphatic heterocycles. The largest absolute Gasteiger partial charge is 0.393 e. The summed E-state index contributed by atoms with van der Waals surface area (Å²) in [5.74, 6) is -0.875. The third kappa shape index (κ3) is 5.92.